The normalized spacial score (nSPS) is 9.86. The van der Waals surface area contributed by atoms with Crippen LogP contribution in [0.3, 0.4) is 0 Å². The Kier molecular flexibility index (Phi) is 3.45. The average Bonchev–Trinajstić information content (AvgIpc) is 2.14. The number of hydrogen-bond acceptors (Lipinski definition) is 4. The average molecular weight is 196 g/mol. The van der Waals surface area contributed by atoms with Gasteiger partial charge in [0, 0.05) is 12.1 Å². The minimum absolute atomic E-state index is 0.511. The highest BCUT2D eigenvalue weighted by Gasteiger charge is 2.07. The van der Waals surface area contributed by atoms with Crippen LogP contribution >= 0.6 is 0 Å². The van der Waals surface area contributed by atoms with Crippen LogP contribution in [0.5, 0.6) is 11.5 Å². The molecule has 1 aromatic carbocycles. The van der Waals surface area contributed by atoms with Crippen molar-refractivity contribution in [1.82, 2.24) is 0 Å². The van der Waals surface area contributed by atoms with Gasteiger partial charge in [0.05, 0.1) is 24.6 Å². The molecular weight excluding hydrogens is 180 g/mol. The second-order valence-corrected chi connectivity index (χ2v) is 2.79. The lowest BCUT2D eigenvalue weighted by Crippen LogP contribution is -2.02. The van der Waals surface area contributed by atoms with Crippen LogP contribution < -0.4 is 20.9 Å². The maximum atomic E-state index is 5.66. The zero-order valence-electron chi connectivity index (χ0n) is 8.54. The van der Waals surface area contributed by atoms with E-state index in [2.05, 4.69) is 0 Å². The largest absolute Gasteiger partial charge is 0.490 e. The van der Waals surface area contributed by atoms with E-state index in [9.17, 15) is 0 Å². The van der Waals surface area contributed by atoms with Crippen molar-refractivity contribution in [1.29, 1.82) is 0 Å². The molecular formula is C10H16N2O2. The second kappa shape index (κ2) is 4.60. The first-order valence-electron chi connectivity index (χ1n) is 4.63. The summed E-state index contributed by atoms with van der Waals surface area (Å²) in [6, 6.07) is 3.37. The maximum Gasteiger partial charge on any atom is 0.163 e. The molecule has 0 aliphatic carbocycles. The molecule has 1 rings (SSSR count). The third-order valence-electron chi connectivity index (χ3n) is 1.75. The van der Waals surface area contributed by atoms with Gasteiger partial charge in [-0.2, -0.15) is 0 Å². The maximum absolute atomic E-state index is 5.66. The predicted octanol–water partition coefficient (Wildman–Crippen LogP) is 1.65. The summed E-state index contributed by atoms with van der Waals surface area (Å²) >= 11 is 0. The van der Waals surface area contributed by atoms with Gasteiger partial charge in [-0.3, -0.25) is 0 Å². The number of rotatable bonds is 4. The van der Waals surface area contributed by atoms with Crippen LogP contribution in [-0.2, 0) is 0 Å². The molecule has 78 valence electrons. The fraction of sp³-hybridized carbons (Fsp3) is 0.400. The summed E-state index contributed by atoms with van der Waals surface area (Å²) in [5.41, 5.74) is 12.3. The van der Waals surface area contributed by atoms with Crippen LogP contribution in [0.4, 0.5) is 11.4 Å². The summed E-state index contributed by atoms with van der Waals surface area (Å²) in [5.74, 6) is 1.28. The first-order chi connectivity index (χ1) is 6.69. The Bertz CT molecular complexity index is 282. The van der Waals surface area contributed by atoms with Gasteiger partial charge in [-0.05, 0) is 13.8 Å². The van der Waals surface area contributed by atoms with Crippen LogP contribution in [0.1, 0.15) is 13.8 Å². The number of nitrogens with two attached hydrogens (primary N) is 2. The summed E-state index contributed by atoms with van der Waals surface area (Å²) in [6.07, 6.45) is 0. The first-order valence-corrected chi connectivity index (χ1v) is 4.63. The highest BCUT2D eigenvalue weighted by molar-refractivity contribution is 5.69. The van der Waals surface area contributed by atoms with Crippen LogP contribution in [0.15, 0.2) is 12.1 Å². The Morgan fingerprint density at radius 2 is 1.29 bits per heavy atom. The minimum atomic E-state index is 0.511. The highest BCUT2D eigenvalue weighted by Crippen LogP contribution is 2.33. The standard InChI is InChI=1S/C10H16N2O2/c1-3-13-9-5-7(11)8(12)6-10(9)14-4-2/h5-6H,3-4,11-12H2,1-2H3. The van der Waals surface area contributed by atoms with Crippen molar-refractivity contribution in [3.8, 4) is 11.5 Å². The molecule has 0 fully saturated rings. The van der Waals surface area contributed by atoms with Gasteiger partial charge in [0.15, 0.2) is 11.5 Å². The summed E-state index contributed by atoms with van der Waals surface area (Å²) in [7, 11) is 0. The van der Waals surface area contributed by atoms with E-state index in [1.165, 1.54) is 0 Å². The number of anilines is 2. The zero-order chi connectivity index (χ0) is 10.6. The van der Waals surface area contributed by atoms with E-state index in [-0.39, 0.29) is 0 Å². The second-order valence-electron chi connectivity index (χ2n) is 2.79. The SMILES string of the molecule is CCOc1cc(N)c(N)cc1OCC. The van der Waals surface area contributed by atoms with Gasteiger partial charge in [-0.1, -0.05) is 0 Å². The molecule has 14 heavy (non-hydrogen) atoms. The minimum Gasteiger partial charge on any atom is -0.490 e. The molecule has 0 spiro atoms. The molecule has 0 saturated heterocycles. The van der Waals surface area contributed by atoms with Crippen LogP contribution in [0.2, 0.25) is 0 Å². The molecule has 0 amide bonds. The molecule has 0 saturated carbocycles. The number of hydrogen-bond donors (Lipinski definition) is 2. The van der Waals surface area contributed by atoms with Crippen molar-refractivity contribution >= 4 is 11.4 Å². The van der Waals surface area contributed by atoms with Gasteiger partial charge < -0.3 is 20.9 Å². The van der Waals surface area contributed by atoms with Crippen molar-refractivity contribution in [2.24, 2.45) is 0 Å². The van der Waals surface area contributed by atoms with E-state index >= 15 is 0 Å². The summed E-state index contributed by atoms with van der Waals surface area (Å²) in [5, 5.41) is 0. The van der Waals surface area contributed by atoms with Gasteiger partial charge in [-0.15, -0.1) is 0 Å². The lowest BCUT2D eigenvalue weighted by molar-refractivity contribution is 0.288. The Morgan fingerprint density at radius 3 is 1.57 bits per heavy atom. The van der Waals surface area contributed by atoms with Gasteiger partial charge in [0.25, 0.3) is 0 Å². The number of ether oxygens (including phenoxy) is 2. The first kappa shape index (κ1) is 10.5. The van der Waals surface area contributed by atoms with Gasteiger partial charge >= 0.3 is 0 Å². The van der Waals surface area contributed by atoms with E-state index in [0.717, 1.165) is 0 Å². The van der Waals surface area contributed by atoms with E-state index in [1.807, 2.05) is 13.8 Å². The molecule has 0 atom stereocenters. The van der Waals surface area contributed by atoms with Gasteiger partial charge in [0.2, 0.25) is 0 Å². The fourth-order valence-corrected chi connectivity index (χ4v) is 1.13. The van der Waals surface area contributed by atoms with Crippen molar-refractivity contribution < 1.29 is 9.47 Å². The van der Waals surface area contributed by atoms with Crippen molar-refractivity contribution in [3.63, 3.8) is 0 Å². The Hall–Kier alpha value is -1.58. The molecule has 0 bridgehead atoms. The van der Waals surface area contributed by atoms with Crippen LogP contribution in [0, 0.1) is 0 Å². The third kappa shape index (κ3) is 2.22. The van der Waals surface area contributed by atoms with Gasteiger partial charge in [-0.25, -0.2) is 0 Å². The van der Waals surface area contributed by atoms with Crippen LogP contribution in [0.25, 0.3) is 0 Å². The molecule has 0 aliphatic heterocycles. The van der Waals surface area contributed by atoms with E-state index < -0.39 is 0 Å². The summed E-state index contributed by atoms with van der Waals surface area (Å²) in [6.45, 7) is 4.96. The third-order valence-corrected chi connectivity index (χ3v) is 1.75. The van der Waals surface area contributed by atoms with E-state index in [0.29, 0.717) is 36.1 Å². The molecule has 4 nitrogen and oxygen atoms in total. The van der Waals surface area contributed by atoms with Crippen molar-refractivity contribution in [3.05, 3.63) is 12.1 Å². The van der Waals surface area contributed by atoms with Crippen molar-refractivity contribution in [2.45, 2.75) is 13.8 Å². The molecule has 4 N–H and O–H groups in total. The molecule has 0 aromatic heterocycles. The molecule has 0 radical (unpaired) electrons. The molecule has 0 aliphatic rings. The molecule has 0 unspecified atom stereocenters. The van der Waals surface area contributed by atoms with Crippen LogP contribution in [-0.4, -0.2) is 13.2 Å². The van der Waals surface area contributed by atoms with E-state index in [1.54, 1.807) is 12.1 Å². The van der Waals surface area contributed by atoms with Gasteiger partial charge in [0.1, 0.15) is 0 Å². The number of nitrogen functional groups attached to an aromatic ring is 2. The summed E-state index contributed by atoms with van der Waals surface area (Å²) < 4.78 is 10.7. The lowest BCUT2D eigenvalue weighted by Gasteiger charge is -2.12. The summed E-state index contributed by atoms with van der Waals surface area (Å²) in [4.78, 5) is 0. The fourth-order valence-electron chi connectivity index (χ4n) is 1.13. The van der Waals surface area contributed by atoms with Crippen molar-refractivity contribution in [2.75, 3.05) is 24.7 Å². The zero-order valence-corrected chi connectivity index (χ0v) is 8.54. The smallest absolute Gasteiger partial charge is 0.163 e. The Balaban J connectivity index is 3.03. The molecule has 1 aromatic rings. The Morgan fingerprint density at radius 1 is 0.929 bits per heavy atom. The monoisotopic (exact) mass is 196 g/mol. The number of benzene rings is 1. The molecule has 4 heteroatoms. The van der Waals surface area contributed by atoms with E-state index in [4.69, 9.17) is 20.9 Å². The molecule has 0 heterocycles. The highest BCUT2D eigenvalue weighted by atomic mass is 16.5. The quantitative estimate of drug-likeness (QED) is 0.718. The predicted molar refractivity (Wildman–Crippen MR) is 57.6 cm³/mol. The lowest BCUT2D eigenvalue weighted by atomic mass is 10.2. The topological polar surface area (TPSA) is 70.5 Å². The Labute approximate surface area is 83.8 Å².